The Balaban J connectivity index is 4.04. The molecule has 0 bridgehead atoms. The van der Waals surface area contributed by atoms with Crippen LogP contribution in [0.1, 0.15) is 34.6 Å². The molecule has 10 nitrogen and oxygen atoms in total. The van der Waals surface area contributed by atoms with E-state index in [1.807, 2.05) is 34.6 Å². The molecule has 1 atom stereocenters. The third kappa shape index (κ3) is 18.3. The fraction of sp³-hybridized carbons (Fsp3) is 0.952. The van der Waals surface area contributed by atoms with Crippen molar-refractivity contribution in [2.24, 2.45) is 0 Å². The van der Waals surface area contributed by atoms with E-state index in [9.17, 15) is 9.90 Å². The number of aliphatic hydroxyl groups is 2. The van der Waals surface area contributed by atoms with Gasteiger partial charge in [0.15, 0.2) is 6.29 Å². The van der Waals surface area contributed by atoms with Crippen molar-refractivity contribution in [3.63, 3.8) is 0 Å². The number of aliphatic hydroxyl groups excluding tert-OH is 2. The zero-order chi connectivity index (χ0) is 23.5. The van der Waals surface area contributed by atoms with E-state index in [0.717, 1.165) is 6.54 Å². The van der Waals surface area contributed by atoms with Crippen LogP contribution in [0.4, 0.5) is 4.79 Å². The molecule has 0 rings (SSSR count). The summed E-state index contributed by atoms with van der Waals surface area (Å²) in [4.78, 5) is 15.9. The largest absolute Gasteiger partial charge is 0.444 e. The van der Waals surface area contributed by atoms with E-state index in [1.54, 1.807) is 0 Å². The topological polar surface area (TPSA) is 110 Å². The Morgan fingerprint density at radius 3 is 1.94 bits per heavy atom. The number of rotatable bonds is 19. The highest BCUT2D eigenvalue weighted by molar-refractivity contribution is 5.68. The van der Waals surface area contributed by atoms with Crippen molar-refractivity contribution < 1.29 is 38.7 Å². The molecule has 0 saturated heterocycles. The molecule has 0 radical (unpaired) electrons. The molecule has 186 valence electrons. The van der Waals surface area contributed by atoms with Crippen molar-refractivity contribution in [2.45, 2.75) is 46.5 Å². The van der Waals surface area contributed by atoms with Crippen LogP contribution < -0.4 is 0 Å². The average Bonchev–Trinajstić information content (AvgIpc) is 2.69. The monoisotopic (exact) mass is 452 g/mol. The number of carbonyl (C=O) groups excluding carboxylic acids is 1. The SMILES string of the molecule is CCOC(O)CN(CC)CCOCCOCCN(CCOCCO)C(=O)OC(C)(C)C. The molecule has 0 aliphatic rings. The lowest BCUT2D eigenvalue weighted by atomic mass is 10.2. The average molecular weight is 453 g/mol. The van der Waals surface area contributed by atoms with Gasteiger partial charge in [-0.25, -0.2) is 4.79 Å². The molecule has 0 aromatic rings. The van der Waals surface area contributed by atoms with Crippen LogP contribution in [0, 0.1) is 0 Å². The van der Waals surface area contributed by atoms with E-state index in [2.05, 4.69) is 4.90 Å². The Bertz CT molecular complexity index is 434. The summed E-state index contributed by atoms with van der Waals surface area (Å²) in [5.74, 6) is 0. The third-order valence-electron chi connectivity index (χ3n) is 4.04. The van der Waals surface area contributed by atoms with Crippen molar-refractivity contribution in [1.82, 2.24) is 9.80 Å². The van der Waals surface area contributed by atoms with Gasteiger partial charge in [-0.1, -0.05) is 6.92 Å². The molecule has 0 saturated carbocycles. The van der Waals surface area contributed by atoms with Crippen LogP contribution in [0.5, 0.6) is 0 Å². The number of hydrogen-bond donors (Lipinski definition) is 2. The summed E-state index contributed by atoms with van der Waals surface area (Å²) in [6.07, 6.45) is -1.20. The first-order valence-corrected chi connectivity index (χ1v) is 11.1. The minimum absolute atomic E-state index is 0.0569. The minimum Gasteiger partial charge on any atom is -0.444 e. The van der Waals surface area contributed by atoms with Crippen molar-refractivity contribution >= 4 is 6.09 Å². The molecular formula is C21H44N2O8. The Morgan fingerprint density at radius 2 is 1.45 bits per heavy atom. The molecule has 0 fully saturated rings. The van der Waals surface area contributed by atoms with Crippen molar-refractivity contribution in [3.05, 3.63) is 0 Å². The summed E-state index contributed by atoms with van der Waals surface area (Å²) in [6.45, 7) is 14.7. The molecular weight excluding hydrogens is 408 g/mol. The highest BCUT2D eigenvalue weighted by Gasteiger charge is 2.21. The molecule has 31 heavy (non-hydrogen) atoms. The van der Waals surface area contributed by atoms with E-state index in [4.69, 9.17) is 28.8 Å². The number of likely N-dealkylation sites (N-methyl/N-ethyl adjacent to an activating group) is 1. The maximum Gasteiger partial charge on any atom is 0.410 e. The summed E-state index contributed by atoms with van der Waals surface area (Å²) in [7, 11) is 0. The fourth-order valence-corrected chi connectivity index (χ4v) is 2.50. The first-order chi connectivity index (χ1) is 14.7. The number of hydrogen-bond acceptors (Lipinski definition) is 9. The molecule has 1 unspecified atom stereocenters. The van der Waals surface area contributed by atoms with Gasteiger partial charge in [0.25, 0.3) is 0 Å². The lowest BCUT2D eigenvalue weighted by Gasteiger charge is -2.27. The summed E-state index contributed by atoms with van der Waals surface area (Å²) in [5, 5.41) is 18.5. The Labute approximate surface area is 187 Å². The Hall–Kier alpha value is -1.01. The summed E-state index contributed by atoms with van der Waals surface area (Å²) >= 11 is 0. The number of carbonyl (C=O) groups is 1. The third-order valence-corrected chi connectivity index (χ3v) is 4.04. The highest BCUT2D eigenvalue weighted by Crippen LogP contribution is 2.10. The second kappa shape index (κ2) is 18.6. The van der Waals surface area contributed by atoms with Crippen LogP contribution in [0.2, 0.25) is 0 Å². The van der Waals surface area contributed by atoms with Gasteiger partial charge in [0.05, 0.1) is 46.2 Å². The molecule has 0 heterocycles. The first kappa shape index (κ1) is 30.0. The molecule has 0 aliphatic heterocycles. The first-order valence-electron chi connectivity index (χ1n) is 11.1. The van der Waals surface area contributed by atoms with Gasteiger partial charge >= 0.3 is 6.09 Å². The van der Waals surface area contributed by atoms with Gasteiger partial charge in [0.2, 0.25) is 0 Å². The van der Waals surface area contributed by atoms with Crippen molar-refractivity contribution in [1.29, 1.82) is 0 Å². The summed E-state index contributed by atoms with van der Waals surface area (Å²) in [6, 6.07) is 0. The molecule has 0 spiro atoms. The quantitative estimate of drug-likeness (QED) is 0.219. The van der Waals surface area contributed by atoms with E-state index in [0.29, 0.717) is 65.8 Å². The van der Waals surface area contributed by atoms with Gasteiger partial charge < -0.3 is 38.8 Å². The van der Waals surface area contributed by atoms with E-state index < -0.39 is 18.0 Å². The van der Waals surface area contributed by atoms with Crippen LogP contribution in [-0.4, -0.2) is 124 Å². The van der Waals surface area contributed by atoms with Gasteiger partial charge in [0.1, 0.15) is 5.60 Å². The van der Waals surface area contributed by atoms with E-state index in [-0.39, 0.29) is 13.2 Å². The number of ether oxygens (including phenoxy) is 5. The molecule has 0 aromatic heterocycles. The maximum absolute atomic E-state index is 12.3. The van der Waals surface area contributed by atoms with Crippen LogP contribution in [0.15, 0.2) is 0 Å². The van der Waals surface area contributed by atoms with E-state index >= 15 is 0 Å². The van der Waals surface area contributed by atoms with Gasteiger partial charge in [-0.15, -0.1) is 0 Å². The molecule has 1 amide bonds. The van der Waals surface area contributed by atoms with Gasteiger partial charge in [-0.2, -0.15) is 0 Å². The van der Waals surface area contributed by atoms with Crippen molar-refractivity contribution in [3.8, 4) is 0 Å². The van der Waals surface area contributed by atoms with Crippen LogP contribution in [0.25, 0.3) is 0 Å². The Morgan fingerprint density at radius 1 is 0.903 bits per heavy atom. The van der Waals surface area contributed by atoms with E-state index in [1.165, 1.54) is 4.90 Å². The fourth-order valence-electron chi connectivity index (χ4n) is 2.50. The summed E-state index contributed by atoms with van der Waals surface area (Å²) < 4.78 is 27.0. The van der Waals surface area contributed by atoms with Gasteiger partial charge in [-0.3, -0.25) is 4.90 Å². The van der Waals surface area contributed by atoms with Crippen LogP contribution in [-0.2, 0) is 23.7 Å². The van der Waals surface area contributed by atoms with Crippen LogP contribution in [0.3, 0.4) is 0 Å². The second-order valence-electron chi connectivity index (χ2n) is 7.83. The lowest BCUT2D eigenvalue weighted by molar-refractivity contribution is -0.110. The normalized spacial score (nSPS) is 12.9. The van der Waals surface area contributed by atoms with Crippen molar-refractivity contribution in [2.75, 3.05) is 85.6 Å². The predicted octanol–water partition coefficient (Wildman–Crippen LogP) is 0.942. The maximum atomic E-state index is 12.3. The van der Waals surface area contributed by atoms with Gasteiger partial charge in [-0.05, 0) is 34.2 Å². The predicted molar refractivity (Wildman–Crippen MR) is 117 cm³/mol. The zero-order valence-electron chi connectivity index (χ0n) is 20.0. The lowest BCUT2D eigenvalue weighted by Crippen LogP contribution is -2.40. The smallest absolute Gasteiger partial charge is 0.410 e. The zero-order valence-corrected chi connectivity index (χ0v) is 20.0. The molecule has 0 aromatic carbocycles. The Kier molecular flexibility index (Phi) is 17.9. The molecule has 2 N–H and O–H groups in total. The highest BCUT2D eigenvalue weighted by atomic mass is 16.6. The van der Waals surface area contributed by atoms with Crippen LogP contribution >= 0.6 is 0 Å². The minimum atomic E-state index is -0.782. The summed E-state index contributed by atoms with van der Waals surface area (Å²) in [5.41, 5.74) is -0.582. The second-order valence-corrected chi connectivity index (χ2v) is 7.83. The number of nitrogens with zero attached hydrogens (tertiary/aromatic N) is 2. The standard InChI is InChI=1S/C21H44N2O8/c1-6-22(18-19(25)30-7-2)8-12-28-16-17-29-14-10-23(9-13-27-15-11-24)20(26)31-21(3,4)5/h19,24-25H,6-18H2,1-5H3. The molecule has 10 heteroatoms. The van der Waals surface area contributed by atoms with Gasteiger partial charge in [0, 0.05) is 32.8 Å². The molecule has 0 aliphatic carbocycles. The number of amides is 1.